The molecule has 0 unspecified atom stereocenters. The lowest BCUT2D eigenvalue weighted by molar-refractivity contribution is 0.447. The van der Waals surface area contributed by atoms with Gasteiger partial charge in [0.2, 0.25) is 0 Å². The summed E-state index contributed by atoms with van der Waals surface area (Å²) in [6.45, 7) is 0. The zero-order valence-corrected chi connectivity index (χ0v) is 11.1. The second-order valence-electron chi connectivity index (χ2n) is 4.23. The van der Waals surface area contributed by atoms with E-state index < -0.39 is 5.82 Å². The molecule has 2 N–H and O–H groups in total. The largest absolute Gasteiger partial charge is 0.452 e. The Bertz CT molecular complexity index is 775. The number of hydrogen-bond donors (Lipinski definition) is 1. The smallest absolute Gasteiger partial charge is 0.189 e. The van der Waals surface area contributed by atoms with E-state index in [0.29, 0.717) is 27.4 Å². The summed E-state index contributed by atoms with van der Waals surface area (Å²) in [5.74, 6) is -0.0224. The summed E-state index contributed by atoms with van der Waals surface area (Å²) in [5.41, 5.74) is 6.50. The Labute approximate surface area is 119 Å². The van der Waals surface area contributed by atoms with Crippen molar-refractivity contribution in [1.29, 1.82) is 0 Å². The van der Waals surface area contributed by atoms with Crippen LogP contribution in [0.25, 0.3) is 10.9 Å². The molecule has 0 saturated heterocycles. The number of halogens is 2. The van der Waals surface area contributed by atoms with E-state index in [1.54, 1.807) is 42.6 Å². The van der Waals surface area contributed by atoms with Crippen molar-refractivity contribution in [3.8, 4) is 11.5 Å². The van der Waals surface area contributed by atoms with Crippen molar-refractivity contribution in [2.75, 3.05) is 5.73 Å². The Morgan fingerprint density at radius 2 is 1.90 bits per heavy atom. The Kier molecular flexibility index (Phi) is 3.16. The standard InChI is InChI=1S/C15H10ClFN2O/c16-9-3-5-10(6-4-9)20-15-12(17)8-13(18)11-2-1-7-19-14(11)15/h1-8H,18H2. The monoisotopic (exact) mass is 288 g/mol. The molecule has 20 heavy (non-hydrogen) atoms. The summed E-state index contributed by atoms with van der Waals surface area (Å²) < 4.78 is 19.7. The maximum Gasteiger partial charge on any atom is 0.189 e. The van der Waals surface area contributed by atoms with Crippen molar-refractivity contribution in [1.82, 2.24) is 4.98 Å². The highest BCUT2D eigenvalue weighted by molar-refractivity contribution is 6.30. The number of hydrogen-bond acceptors (Lipinski definition) is 3. The maximum absolute atomic E-state index is 14.1. The van der Waals surface area contributed by atoms with Gasteiger partial charge in [0.15, 0.2) is 11.6 Å². The molecule has 0 aliphatic rings. The first kappa shape index (κ1) is 12.7. The van der Waals surface area contributed by atoms with Crippen molar-refractivity contribution in [3.05, 3.63) is 59.5 Å². The molecule has 1 aromatic heterocycles. The molecule has 0 amide bonds. The van der Waals surface area contributed by atoms with E-state index in [1.165, 1.54) is 6.07 Å². The van der Waals surface area contributed by atoms with Crippen molar-refractivity contribution >= 4 is 28.2 Å². The van der Waals surface area contributed by atoms with E-state index in [0.717, 1.165) is 0 Å². The molecule has 0 aliphatic heterocycles. The van der Waals surface area contributed by atoms with Crippen LogP contribution in [-0.2, 0) is 0 Å². The first-order chi connectivity index (χ1) is 9.65. The van der Waals surface area contributed by atoms with Crippen LogP contribution in [0, 0.1) is 5.82 Å². The van der Waals surface area contributed by atoms with Crippen LogP contribution in [0.5, 0.6) is 11.5 Å². The predicted octanol–water partition coefficient (Wildman–Crippen LogP) is 4.40. The lowest BCUT2D eigenvalue weighted by Gasteiger charge is -2.11. The molecule has 0 atom stereocenters. The SMILES string of the molecule is Nc1cc(F)c(Oc2ccc(Cl)cc2)c2ncccc12. The first-order valence-electron chi connectivity index (χ1n) is 5.91. The highest BCUT2D eigenvalue weighted by Crippen LogP contribution is 2.34. The van der Waals surface area contributed by atoms with E-state index in [4.69, 9.17) is 22.1 Å². The fraction of sp³-hybridized carbons (Fsp3) is 0. The number of anilines is 1. The summed E-state index contributed by atoms with van der Waals surface area (Å²) in [7, 11) is 0. The third kappa shape index (κ3) is 2.26. The molecule has 5 heteroatoms. The van der Waals surface area contributed by atoms with Crippen molar-refractivity contribution in [2.45, 2.75) is 0 Å². The van der Waals surface area contributed by atoms with Gasteiger partial charge < -0.3 is 10.5 Å². The Hall–Kier alpha value is -2.33. The molecular weight excluding hydrogens is 279 g/mol. The number of nitrogens with two attached hydrogens (primary N) is 1. The van der Waals surface area contributed by atoms with Gasteiger partial charge in [0.05, 0.1) is 0 Å². The van der Waals surface area contributed by atoms with Crippen LogP contribution in [0.2, 0.25) is 5.02 Å². The second-order valence-corrected chi connectivity index (χ2v) is 4.67. The number of aromatic nitrogens is 1. The lowest BCUT2D eigenvalue weighted by atomic mass is 10.1. The van der Waals surface area contributed by atoms with Crippen LogP contribution in [0.4, 0.5) is 10.1 Å². The Balaban J connectivity index is 2.13. The van der Waals surface area contributed by atoms with Gasteiger partial charge in [-0.25, -0.2) is 4.39 Å². The van der Waals surface area contributed by atoms with Crippen LogP contribution in [0.15, 0.2) is 48.7 Å². The molecule has 100 valence electrons. The average molecular weight is 289 g/mol. The molecule has 1 heterocycles. The van der Waals surface area contributed by atoms with Crippen LogP contribution in [0.1, 0.15) is 0 Å². The molecule has 2 aromatic carbocycles. The third-order valence-corrected chi connectivity index (χ3v) is 3.12. The van der Waals surface area contributed by atoms with E-state index >= 15 is 0 Å². The number of nitrogen functional groups attached to an aromatic ring is 1. The second kappa shape index (κ2) is 4.98. The Morgan fingerprint density at radius 1 is 1.15 bits per heavy atom. The molecule has 0 aliphatic carbocycles. The third-order valence-electron chi connectivity index (χ3n) is 2.87. The molecule has 3 aromatic rings. The number of nitrogens with zero attached hydrogens (tertiary/aromatic N) is 1. The Morgan fingerprint density at radius 3 is 2.65 bits per heavy atom. The van der Waals surface area contributed by atoms with Crippen molar-refractivity contribution in [2.24, 2.45) is 0 Å². The minimum Gasteiger partial charge on any atom is -0.452 e. The van der Waals surface area contributed by atoms with Crippen LogP contribution in [0.3, 0.4) is 0 Å². The maximum atomic E-state index is 14.1. The molecular formula is C15H10ClFN2O. The molecule has 0 saturated carbocycles. The quantitative estimate of drug-likeness (QED) is 0.711. The van der Waals surface area contributed by atoms with E-state index in [1.807, 2.05) is 0 Å². The minimum absolute atomic E-state index is 0.0529. The van der Waals surface area contributed by atoms with Gasteiger partial charge in [-0.1, -0.05) is 11.6 Å². The normalized spacial score (nSPS) is 10.7. The topological polar surface area (TPSA) is 48.1 Å². The van der Waals surface area contributed by atoms with Crippen LogP contribution < -0.4 is 10.5 Å². The van der Waals surface area contributed by atoms with Gasteiger partial charge in [-0.3, -0.25) is 4.98 Å². The van der Waals surface area contributed by atoms with Gasteiger partial charge in [0.1, 0.15) is 11.3 Å². The summed E-state index contributed by atoms with van der Waals surface area (Å²) in [6.07, 6.45) is 1.57. The van der Waals surface area contributed by atoms with E-state index in [2.05, 4.69) is 4.98 Å². The molecule has 0 radical (unpaired) electrons. The highest BCUT2D eigenvalue weighted by atomic mass is 35.5. The van der Waals surface area contributed by atoms with Gasteiger partial charge in [-0.15, -0.1) is 0 Å². The average Bonchev–Trinajstić information content (AvgIpc) is 2.45. The molecule has 0 spiro atoms. The van der Waals surface area contributed by atoms with Gasteiger partial charge in [0.25, 0.3) is 0 Å². The number of pyridine rings is 1. The fourth-order valence-electron chi connectivity index (χ4n) is 1.93. The summed E-state index contributed by atoms with van der Waals surface area (Å²) in [5, 5.41) is 1.23. The minimum atomic E-state index is -0.552. The summed E-state index contributed by atoms with van der Waals surface area (Å²) >= 11 is 5.80. The van der Waals surface area contributed by atoms with Gasteiger partial charge in [-0.2, -0.15) is 0 Å². The lowest BCUT2D eigenvalue weighted by Crippen LogP contribution is -1.96. The van der Waals surface area contributed by atoms with E-state index in [9.17, 15) is 4.39 Å². The number of fused-ring (bicyclic) bond motifs is 1. The summed E-state index contributed by atoms with van der Waals surface area (Å²) in [6, 6.07) is 11.4. The van der Waals surface area contributed by atoms with Crippen LogP contribution >= 0.6 is 11.6 Å². The van der Waals surface area contributed by atoms with Gasteiger partial charge in [0, 0.05) is 28.4 Å². The summed E-state index contributed by atoms with van der Waals surface area (Å²) in [4.78, 5) is 4.15. The zero-order chi connectivity index (χ0) is 14.1. The van der Waals surface area contributed by atoms with Crippen LogP contribution in [-0.4, -0.2) is 4.98 Å². The van der Waals surface area contributed by atoms with Gasteiger partial charge in [-0.05, 0) is 36.4 Å². The number of benzene rings is 2. The van der Waals surface area contributed by atoms with Crippen molar-refractivity contribution < 1.29 is 9.13 Å². The molecule has 0 bridgehead atoms. The highest BCUT2D eigenvalue weighted by Gasteiger charge is 2.14. The zero-order valence-electron chi connectivity index (χ0n) is 10.3. The van der Waals surface area contributed by atoms with E-state index in [-0.39, 0.29) is 5.75 Å². The molecule has 3 rings (SSSR count). The fourth-order valence-corrected chi connectivity index (χ4v) is 2.06. The van der Waals surface area contributed by atoms with Crippen molar-refractivity contribution in [3.63, 3.8) is 0 Å². The number of ether oxygens (including phenoxy) is 1. The predicted molar refractivity (Wildman–Crippen MR) is 77.6 cm³/mol. The first-order valence-corrected chi connectivity index (χ1v) is 6.29. The van der Waals surface area contributed by atoms with Gasteiger partial charge >= 0.3 is 0 Å². The molecule has 0 fully saturated rings. The number of rotatable bonds is 2. The molecule has 3 nitrogen and oxygen atoms in total.